The zero-order valence-corrected chi connectivity index (χ0v) is 36.3. The molecule has 57 heavy (non-hydrogen) atoms. The molecule has 1 rings (SSSR count). The highest BCUT2D eigenvalue weighted by Crippen LogP contribution is 2.22. The summed E-state index contributed by atoms with van der Waals surface area (Å²) in [5.41, 5.74) is -2.01. The molecule has 20 heteroatoms. The fourth-order valence-electron chi connectivity index (χ4n) is 4.62. The number of carbonyl (C=O) groups excluding carboxylic acids is 6. The highest BCUT2D eigenvalue weighted by molar-refractivity contribution is 7.98. The lowest BCUT2D eigenvalue weighted by atomic mass is 10.0. The minimum Gasteiger partial charge on any atom is -0.447 e. The molecule has 6 N–H and O–H groups in total. The summed E-state index contributed by atoms with van der Waals surface area (Å²) in [6, 6.07) is 0. The molecule has 0 aromatic carbocycles. The van der Waals surface area contributed by atoms with Gasteiger partial charge in [0.15, 0.2) is 0 Å². The summed E-state index contributed by atoms with van der Waals surface area (Å²) in [6.45, 7) is 16.1. The second-order valence-corrected chi connectivity index (χ2v) is 16.8. The topological polar surface area (TPSA) is 244 Å². The lowest BCUT2D eigenvalue weighted by Gasteiger charge is -2.31. The Labute approximate surface area is 341 Å². The maximum Gasteiger partial charge on any atom is 0.407 e. The van der Waals surface area contributed by atoms with Crippen LogP contribution >= 0.6 is 11.9 Å². The Morgan fingerprint density at radius 2 is 1.18 bits per heavy atom. The number of nitrogens with one attached hydrogen (secondary N) is 4. The van der Waals surface area contributed by atoms with Gasteiger partial charge in [-0.1, -0.05) is 11.9 Å². The molecule has 1 unspecified atom stereocenters. The first-order valence-electron chi connectivity index (χ1n) is 19.1. The highest BCUT2D eigenvalue weighted by atomic mass is 32.2. The molecule has 1 fully saturated rings. The molecule has 0 aromatic heterocycles. The molecule has 19 nitrogen and oxygen atoms in total. The van der Waals surface area contributed by atoms with Gasteiger partial charge in [-0.2, -0.15) is 0 Å². The zero-order chi connectivity index (χ0) is 43.3. The highest BCUT2D eigenvalue weighted by Gasteiger charge is 2.38. The molecular formula is C37H68N6O13S. The van der Waals surface area contributed by atoms with Crippen LogP contribution in [0.3, 0.4) is 0 Å². The molecule has 0 aliphatic carbocycles. The first kappa shape index (κ1) is 51.7. The number of methoxy groups -OCH3 is 2. The van der Waals surface area contributed by atoms with Gasteiger partial charge in [0, 0.05) is 66.2 Å². The normalized spacial score (nSPS) is 15.2. The number of nitrogens with zero attached hydrogens (tertiary/aromatic N) is 1. The number of alkyl carbamates (subject to hydrolysis) is 2. The quantitative estimate of drug-likeness (QED) is 0.0410. The smallest absolute Gasteiger partial charge is 0.407 e. The molecule has 0 spiro atoms. The van der Waals surface area contributed by atoms with Gasteiger partial charge in [-0.25, -0.2) is 9.59 Å². The van der Waals surface area contributed by atoms with Crippen LogP contribution in [0.15, 0.2) is 0 Å². The van der Waals surface area contributed by atoms with Gasteiger partial charge in [0.2, 0.25) is 23.6 Å². The van der Waals surface area contributed by atoms with Crippen LogP contribution in [0.5, 0.6) is 0 Å². The van der Waals surface area contributed by atoms with E-state index in [2.05, 4.69) is 21.3 Å². The number of hydrogen-bond acceptors (Lipinski definition) is 15. The van der Waals surface area contributed by atoms with Gasteiger partial charge >= 0.3 is 12.2 Å². The molecule has 0 bridgehead atoms. The molecular weight excluding hydrogens is 769 g/mol. The van der Waals surface area contributed by atoms with Crippen LogP contribution < -0.4 is 26.4 Å². The number of carbonyl (C=O) groups is 6. The average molecular weight is 837 g/mol. The van der Waals surface area contributed by atoms with Crippen molar-refractivity contribution in [2.24, 2.45) is 5.14 Å². The average Bonchev–Trinajstić information content (AvgIpc) is 3.42. The number of imide groups is 1. The van der Waals surface area contributed by atoms with E-state index >= 15 is 0 Å². The second kappa shape index (κ2) is 25.3. The van der Waals surface area contributed by atoms with Gasteiger partial charge in [0.1, 0.15) is 24.6 Å². The number of amides is 6. The van der Waals surface area contributed by atoms with Gasteiger partial charge in [0.05, 0.1) is 42.2 Å². The molecule has 1 heterocycles. The van der Waals surface area contributed by atoms with Crippen LogP contribution in [-0.4, -0.2) is 154 Å². The standard InChI is InChI=1S/C37H68N6O13S/c1-34(2,55-24-36(5,6)50-9)13-15-41-32(48)53-22-26(23-54-33(49)42-16-14-35(3,4)56-25-37(7,8)51-10)52-20-12-29(45)40-18-17-39-28(44)11-19-43-30(46)21-27(57-38)31(43)47/h26-27H,11-25,38H2,1-10H3,(H,39,44)(H,40,45)(H,41,48)(H,42,49). The minimum atomic E-state index is -0.895. The maximum absolute atomic E-state index is 12.5. The molecule has 1 atom stereocenters. The molecule has 0 aromatic rings. The molecule has 1 aliphatic heterocycles. The first-order valence-corrected chi connectivity index (χ1v) is 20.0. The van der Waals surface area contributed by atoms with Crippen LogP contribution in [0.4, 0.5) is 9.59 Å². The maximum atomic E-state index is 12.5. The van der Waals surface area contributed by atoms with E-state index in [0.717, 1.165) is 16.8 Å². The van der Waals surface area contributed by atoms with E-state index < -0.39 is 51.9 Å². The van der Waals surface area contributed by atoms with Gasteiger partial charge < -0.3 is 54.4 Å². The molecule has 0 radical (unpaired) electrons. The molecule has 0 saturated carbocycles. The third-order valence-electron chi connectivity index (χ3n) is 8.90. The van der Waals surface area contributed by atoms with Crippen molar-refractivity contribution in [1.29, 1.82) is 0 Å². The number of likely N-dealkylation sites (tertiary alicyclic amines) is 1. The summed E-state index contributed by atoms with van der Waals surface area (Å²) in [7, 11) is 3.22. The number of hydrogen-bond donors (Lipinski definition) is 5. The Hall–Kier alpha value is -3.27. The second-order valence-electron chi connectivity index (χ2n) is 16.0. The van der Waals surface area contributed by atoms with Gasteiger partial charge in [-0.05, 0) is 68.2 Å². The summed E-state index contributed by atoms with van der Waals surface area (Å²) >= 11 is 0.807. The number of ether oxygens (including phenoxy) is 7. The van der Waals surface area contributed by atoms with E-state index in [9.17, 15) is 28.8 Å². The monoisotopic (exact) mass is 836 g/mol. The van der Waals surface area contributed by atoms with Crippen LogP contribution in [0.1, 0.15) is 87.5 Å². The SMILES string of the molecule is COC(C)(C)COC(C)(C)CCNC(=O)OCC(COC(=O)NCCC(C)(C)OCC(C)(C)OC)OCCC(=O)NCCNC(=O)CCN1C(=O)CC(SN)C1=O. The van der Waals surface area contributed by atoms with E-state index in [1.165, 1.54) is 0 Å². The summed E-state index contributed by atoms with van der Waals surface area (Å²) in [5.74, 6) is -1.55. The lowest BCUT2D eigenvalue weighted by molar-refractivity contribution is -0.138. The largest absolute Gasteiger partial charge is 0.447 e. The summed E-state index contributed by atoms with van der Waals surface area (Å²) < 4.78 is 39.2. The summed E-state index contributed by atoms with van der Waals surface area (Å²) in [6.07, 6.45) is -1.48. The van der Waals surface area contributed by atoms with Crippen LogP contribution in [0.25, 0.3) is 0 Å². The Balaban J connectivity index is 2.56. The van der Waals surface area contributed by atoms with Crippen LogP contribution in [0, 0.1) is 0 Å². The molecule has 1 saturated heterocycles. The first-order chi connectivity index (χ1) is 26.5. The third-order valence-corrected chi connectivity index (χ3v) is 9.60. The Morgan fingerprint density at radius 1 is 0.719 bits per heavy atom. The van der Waals surface area contributed by atoms with Crippen molar-refractivity contribution in [2.45, 2.75) is 121 Å². The van der Waals surface area contributed by atoms with Crippen molar-refractivity contribution in [3.8, 4) is 0 Å². The van der Waals surface area contributed by atoms with E-state index in [1.54, 1.807) is 14.2 Å². The summed E-state index contributed by atoms with van der Waals surface area (Å²) in [4.78, 5) is 74.8. The molecule has 1 aliphatic rings. The fourth-order valence-corrected chi connectivity index (χ4v) is 5.10. The van der Waals surface area contributed by atoms with Gasteiger partial charge in [0.25, 0.3) is 0 Å². The van der Waals surface area contributed by atoms with E-state index in [1.807, 2.05) is 55.4 Å². The predicted octanol–water partition coefficient (Wildman–Crippen LogP) is 1.79. The van der Waals surface area contributed by atoms with E-state index in [4.69, 9.17) is 38.3 Å². The minimum absolute atomic E-state index is 0.0108. The van der Waals surface area contributed by atoms with Crippen molar-refractivity contribution in [2.75, 3.05) is 80.0 Å². The van der Waals surface area contributed by atoms with Crippen molar-refractivity contribution in [3.05, 3.63) is 0 Å². The van der Waals surface area contributed by atoms with E-state index in [-0.39, 0.29) is 89.5 Å². The lowest BCUT2D eigenvalue weighted by Crippen LogP contribution is -2.39. The Morgan fingerprint density at radius 3 is 1.60 bits per heavy atom. The molecule has 330 valence electrons. The Bertz CT molecular complexity index is 1250. The van der Waals surface area contributed by atoms with Crippen molar-refractivity contribution in [1.82, 2.24) is 26.2 Å². The van der Waals surface area contributed by atoms with Gasteiger partial charge in [-0.15, -0.1) is 0 Å². The van der Waals surface area contributed by atoms with Crippen LogP contribution in [-0.2, 0) is 52.3 Å². The van der Waals surface area contributed by atoms with Crippen LogP contribution in [0.2, 0.25) is 0 Å². The molecule has 6 amide bonds. The number of nitrogens with two attached hydrogens (primary N) is 1. The van der Waals surface area contributed by atoms with Crippen molar-refractivity contribution in [3.63, 3.8) is 0 Å². The fraction of sp³-hybridized carbons (Fsp3) is 0.838. The third kappa shape index (κ3) is 23.0. The summed E-state index contributed by atoms with van der Waals surface area (Å²) in [5, 5.41) is 15.4. The Kier molecular flexibility index (Phi) is 22.9. The number of rotatable bonds is 29. The van der Waals surface area contributed by atoms with Crippen molar-refractivity contribution < 1.29 is 61.9 Å². The zero-order valence-electron chi connectivity index (χ0n) is 35.5. The van der Waals surface area contributed by atoms with Gasteiger partial charge in [-0.3, -0.25) is 29.2 Å². The van der Waals surface area contributed by atoms with Crippen molar-refractivity contribution >= 4 is 47.8 Å². The van der Waals surface area contributed by atoms with E-state index in [0.29, 0.717) is 26.1 Å². The predicted molar refractivity (Wildman–Crippen MR) is 212 cm³/mol.